The van der Waals surface area contributed by atoms with Gasteiger partial charge in [0.15, 0.2) is 5.78 Å². The maximum Gasteiger partial charge on any atom is 0.166 e. The van der Waals surface area contributed by atoms with E-state index in [2.05, 4.69) is 15.9 Å². The number of carbonyl (C=O) groups is 1. The number of hydrogen-bond acceptors (Lipinski definition) is 2. The highest BCUT2D eigenvalue weighted by Crippen LogP contribution is 2.29. The Morgan fingerprint density at radius 2 is 1.86 bits per heavy atom. The summed E-state index contributed by atoms with van der Waals surface area (Å²) in [4.78, 5) is 11.8. The van der Waals surface area contributed by atoms with Crippen LogP contribution in [0, 0.1) is 5.92 Å². The van der Waals surface area contributed by atoms with E-state index in [1.807, 2.05) is 24.3 Å². The van der Waals surface area contributed by atoms with Crippen LogP contribution in [0.2, 0.25) is 0 Å². The molecule has 0 radical (unpaired) electrons. The number of Topliss-reactive ketones (excluding diaryl/α,β-unsaturated/α-hetero) is 1. The fourth-order valence-electron chi connectivity index (χ4n) is 1.73. The number of carbonyl (C=O) groups excluding carboxylic acids is 1. The lowest BCUT2D eigenvalue weighted by Gasteiger charge is -2.31. The molecule has 0 aliphatic heterocycles. The summed E-state index contributed by atoms with van der Waals surface area (Å²) in [6, 6.07) is 7.74. The van der Waals surface area contributed by atoms with E-state index in [0.717, 1.165) is 22.9 Å². The molecule has 2 N–H and O–H groups in total. The Balaban J connectivity index is 2.08. The number of ketones is 1. The van der Waals surface area contributed by atoms with Gasteiger partial charge < -0.3 is 5.73 Å². The predicted octanol–water partition coefficient (Wildman–Crippen LogP) is 2.37. The summed E-state index contributed by atoms with van der Waals surface area (Å²) in [6.07, 6.45) is 1.68. The molecular formula is C11H12BrNO. The van der Waals surface area contributed by atoms with Crippen LogP contribution in [0.15, 0.2) is 28.7 Å². The number of benzene rings is 1. The van der Waals surface area contributed by atoms with Crippen molar-refractivity contribution in [3.63, 3.8) is 0 Å². The quantitative estimate of drug-likeness (QED) is 0.823. The van der Waals surface area contributed by atoms with Crippen molar-refractivity contribution in [3.05, 3.63) is 34.3 Å². The summed E-state index contributed by atoms with van der Waals surface area (Å²) in [5.74, 6) is 0.394. The van der Waals surface area contributed by atoms with Crippen LogP contribution in [0.4, 0.5) is 0 Å². The Hall–Kier alpha value is -0.670. The van der Waals surface area contributed by atoms with E-state index in [-0.39, 0.29) is 17.7 Å². The molecular weight excluding hydrogens is 242 g/mol. The molecule has 2 nitrogen and oxygen atoms in total. The molecule has 1 aromatic carbocycles. The molecule has 2 rings (SSSR count). The first-order chi connectivity index (χ1) is 6.66. The third-order valence-corrected chi connectivity index (χ3v) is 3.20. The second-order valence-corrected chi connectivity index (χ2v) is 4.72. The summed E-state index contributed by atoms with van der Waals surface area (Å²) in [7, 11) is 0. The molecule has 3 heteroatoms. The van der Waals surface area contributed by atoms with Gasteiger partial charge in [-0.15, -0.1) is 0 Å². The minimum absolute atomic E-state index is 0.158. The lowest BCUT2D eigenvalue weighted by atomic mass is 9.76. The molecule has 0 saturated heterocycles. The zero-order valence-electron chi connectivity index (χ0n) is 7.74. The topological polar surface area (TPSA) is 43.1 Å². The van der Waals surface area contributed by atoms with Gasteiger partial charge in [0.25, 0.3) is 0 Å². The van der Waals surface area contributed by atoms with Gasteiger partial charge in [-0.25, -0.2) is 0 Å². The van der Waals surface area contributed by atoms with Gasteiger partial charge in [-0.1, -0.05) is 28.1 Å². The number of halogens is 1. The van der Waals surface area contributed by atoms with Crippen molar-refractivity contribution >= 4 is 21.7 Å². The smallest absolute Gasteiger partial charge is 0.166 e. The fourth-order valence-corrected chi connectivity index (χ4v) is 1.99. The predicted molar refractivity (Wildman–Crippen MR) is 59.2 cm³/mol. The molecule has 74 valence electrons. The average molecular weight is 254 g/mol. The van der Waals surface area contributed by atoms with Crippen molar-refractivity contribution in [2.24, 2.45) is 11.7 Å². The number of nitrogens with two attached hydrogens (primary N) is 1. The molecule has 14 heavy (non-hydrogen) atoms. The van der Waals surface area contributed by atoms with Crippen molar-refractivity contribution in [1.29, 1.82) is 0 Å². The average Bonchev–Trinajstić information content (AvgIpc) is 2.13. The lowest BCUT2D eigenvalue weighted by molar-refractivity contribution is 0.0832. The maximum atomic E-state index is 11.8. The van der Waals surface area contributed by atoms with Crippen molar-refractivity contribution in [2.45, 2.75) is 18.9 Å². The molecule has 0 amide bonds. The van der Waals surface area contributed by atoms with Gasteiger partial charge in [0.05, 0.1) is 0 Å². The van der Waals surface area contributed by atoms with Crippen molar-refractivity contribution in [2.75, 3.05) is 0 Å². The summed E-state index contributed by atoms with van der Waals surface area (Å²) in [5, 5.41) is 0. The molecule has 0 unspecified atom stereocenters. The molecule has 1 fully saturated rings. The van der Waals surface area contributed by atoms with Crippen LogP contribution >= 0.6 is 15.9 Å². The van der Waals surface area contributed by atoms with Gasteiger partial charge in [-0.3, -0.25) is 4.79 Å². The normalized spacial score (nSPS) is 25.6. The highest BCUT2D eigenvalue weighted by Gasteiger charge is 2.32. The third-order valence-electron chi connectivity index (χ3n) is 2.67. The standard InChI is InChI=1S/C11H12BrNO/c12-9-3-1-7(2-4-9)11(14)8-5-10(13)6-8/h1-4,8,10H,5-6,13H2. The van der Waals surface area contributed by atoms with Crippen molar-refractivity contribution in [1.82, 2.24) is 0 Å². The first-order valence-electron chi connectivity index (χ1n) is 4.72. The monoisotopic (exact) mass is 253 g/mol. The fraction of sp³-hybridized carbons (Fsp3) is 0.364. The van der Waals surface area contributed by atoms with Crippen LogP contribution in [-0.4, -0.2) is 11.8 Å². The van der Waals surface area contributed by atoms with E-state index < -0.39 is 0 Å². The third kappa shape index (κ3) is 1.88. The Morgan fingerprint density at radius 3 is 2.36 bits per heavy atom. The van der Waals surface area contributed by atoms with Gasteiger partial charge >= 0.3 is 0 Å². The van der Waals surface area contributed by atoms with Gasteiger partial charge in [0.2, 0.25) is 0 Å². The zero-order valence-corrected chi connectivity index (χ0v) is 9.33. The van der Waals surface area contributed by atoms with Crippen LogP contribution in [0.1, 0.15) is 23.2 Å². The van der Waals surface area contributed by atoms with Crippen molar-refractivity contribution in [3.8, 4) is 0 Å². The molecule has 0 aromatic heterocycles. The summed E-state index contributed by atoms with van der Waals surface area (Å²) < 4.78 is 0.999. The van der Waals surface area contributed by atoms with Gasteiger partial charge in [-0.2, -0.15) is 0 Å². The molecule has 1 aromatic rings. The Kier molecular flexibility index (Phi) is 2.70. The SMILES string of the molecule is NC1CC(C(=O)c2ccc(Br)cc2)C1. The first-order valence-corrected chi connectivity index (χ1v) is 5.51. The summed E-state index contributed by atoms with van der Waals surface area (Å²) >= 11 is 3.34. The first kappa shape index (κ1) is 9.87. The van der Waals surface area contributed by atoms with Crippen LogP contribution in [-0.2, 0) is 0 Å². The molecule has 1 aliphatic carbocycles. The van der Waals surface area contributed by atoms with Crippen LogP contribution in [0.25, 0.3) is 0 Å². The van der Waals surface area contributed by atoms with E-state index in [1.54, 1.807) is 0 Å². The Bertz CT molecular complexity index is 341. The second kappa shape index (κ2) is 3.83. The van der Waals surface area contributed by atoms with E-state index in [9.17, 15) is 4.79 Å². The van der Waals surface area contributed by atoms with Crippen LogP contribution in [0.5, 0.6) is 0 Å². The van der Waals surface area contributed by atoms with E-state index in [0.29, 0.717) is 0 Å². The van der Waals surface area contributed by atoms with Crippen LogP contribution < -0.4 is 5.73 Å². The number of hydrogen-bond donors (Lipinski definition) is 1. The molecule has 1 aliphatic rings. The summed E-state index contributed by atoms with van der Waals surface area (Å²) in [5.41, 5.74) is 6.45. The molecule has 0 spiro atoms. The highest BCUT2D eigenvalue weighted by atomic mass is 79.9. The maximum absolute atomic E-state index is 11.8. The molecule has 0 atom stereocenters. The Labute approximate surface area is 91.6 Å². The van der Waals surface area contributed by atoms with E-state index >= 15 is 0 Å². The number of rotatable bonds is 2. The molecule has 0 bridgehead atoms. The lowest BCUT2D eigenvalue weighted by Crippen LogP contribution is -2.40. The minimum Gasteiger partial charge on any atom is -0.328 e. The second-order valence-electron chi connectivity index (χ2n) is 3.80. The highest BCUT2D eigenvalue weighted by molar-refractivity contribution is 9.10. The van der Waals surface area contributed by atoms with Crippen LogP contribution in [0.3, 0.4) is 0 Å². The van der Waals surface area contributed by atoms with Gasteiger partial charge in [0, 0.05) is 22.0 Å². The zero-order chi connectivity index (χ0) is 10.1. The largest absolute Gasteiger partial charge is 0.328 e. The van der Waals surface area contributed by atoms with Gasteiger partial charge in [-0.05, 0) is 25.0 Å². The summed E-state index contributed by atoms with van der Waals surface area (Å²) in [6.45, 7) is 0. The van der Waals surface area contributed by atoms with Crippen molar-refractivity contribution < 1.29 is 4.79 Å². The minimum atomic E-state index is 0.158. The van der Waals surface area contributed by atoms with E-state index in [1.165, 1.54) is 0 Å². The Morgan fingerprint density at radius 1 is 1.29 bits per heavy atom. The molecule has 1 saturated carbocycles. The molecule has 0 heterocycles. The van der Waals surface area contributed by atoms with Gasteiger partial charge in [0.1, 0.15) is 0 Å². The van der Waals surface area contributed by atoms with E-state index in [4.69, 9.17) is 5.73 Å².